The van der Waals surface area contributed by atoms with Gasteiger partial charge in [0.25, 0.3) is 0 Å². The van der Waals surface area contributed by atoms with Crippen molar-refractivity contribution < 1.29 is 19.7 Å². The molecule has 17 heavy (non-hydrogen) atoms. The number of rotatable bonds is 4. The number of aliphatic hydroxyl groups is 1. The van der Waals surface area contributed by atoms with Gasteiger partial charge in [-0.25, -0.2) is 4.79 Å². The maximum absolute atomic E-state index is 10.9. The Balaban J connectivity index is 3.26. The van der Waals surface area contributed by atoms with E-state index in [2.05, 4.69) is 0 Å². The summed E-state index contributed by atoms with van der Waals surface area (Å²) in [4.78, 5) is 10.9. The van der Waals surface area contributed by atoms with Crippen molar-refractivity contribution in [1.29, 1.82) is 0 Å². The summed E-state index contributed by atoms with van der Waals surface area (Å²) in [6.45, 7) is 3.45. The van der Waals surface area contributed by atoms with Crippen molar-refractivity contribution in [2.75, 3.05) is 7.11 Å². The van der Waals surface area contributed by atoms with Crippen molar-refractivity contribution >= 4 is 12.0 Å². The lowest BCUT2D eigenvalue weighted by molar-refractivity contribution is 0.0696. The summed E-state index contributed by atoms with van der Waals surface area (Å²) < 4.78 is 5.15. The monoisotopic (exact) mass is 236 g/mol. The number of hydrogen-bond acceptors (Lipinski definition) is 3. The van der Waals surface area contributed by atoms with Gasteiger partial charge in [0.05, 0.1) is 18.8 Å². The molecular formula is C13H16O4. The second-order valence-corrected chi connectivity index (χ2v) is 3.81. The maximum atomic E-state index is 10.9. The lowest BCUT2D eigenvalue weighted by Crippen LogP contribution is -2.00. The summed E-state index contributed by atoms with van der Waals surface area (Å²) >= 11 is 0. The second-order valence-electron chi connectivity index (χ2n) is 3.81. The van der Waals surface area contributed by atoms with Crippen LogP contribution in [0, 0.1) is 6.92 Å². The minimum atomic E-state index is -0.988. The highest BCUT2D eigenvalue weighted by molar-refractivity contribution is 5.89. The molecule has 1 unspecified atom stereocenters. The lowest BCUT2D eigenvalue weighted by atomic mass is 10.0. The zero-order valence-electron chi connectivity index (χ0n) is 10.1. The SMILES string of the molecule is COc1cc(C(=O)O)cc(C)c1C=CC(C)O. The van der Waals surface area contributed by atoms with E-state index in [0.29, 0.717) is 5.75 Å². The molecule has 0 aliphatic carbocycles. The average Bonchev–Trinajstić information content (AvgIpc) is 2.25. The third-order valence-electron chi connectivity index (χ3n) is 2.36. The smallest absolute Gasteiger partial charge is 0.335 e. The molecule has 0 bridgehead atoms. The van der Waals surface area contributed by atoms with Crippen molar-refractivity contribution in [2.24, 2.45) is 0 Å². The molecule has 1 aromatic carbocycles. The number of methoxy groups -OCH3 is 1. The van der Waals surface area contributed by atoms with E-state index in [1.165, 1.54) is 13.2 Å². The molecule has 0 aromatic heterocycles. The highest BCUT2D eigenvalue weighted by Crippen LogP contribution is 2.26. The van der Waals surface area contributed by atoms with Crippen molar-refractivity contribution in [1.82, 2.24) is 0 Å². The van der Waals surface area contributed by atoms with Gasteiger partial charge in [-0.15, -0.1) is 0 Å². The van der Waals surface area contributed by atoms with E-state index >= 15 is 0 Å². The van der Waals surface area contributed by atoms with E-state index in [1.54, 1.807) is 32.1 Å². The quantitative estimate of drug-likeness (QED) is 0.840. The van der Waals surface area contributed by atoms with Crippen molar-refractivity contribution in [3.05, 3.63) is 34.9 Å². The summed E-state index contributed by atoms with van der Waals surface area (Å²) in [6.07, 6.45) is 2.79. The van der Waals surface area contributed by atoms with Crippen molar-refractivity contribution in [2.45, 2.75) is 20.0 Å². The first-order valence-electron chi connectivity index (χ1n) is 5.24. The number of aromatic carboxylic acids is 1. The largest absolute Gasteiger partial charge is 0.496 e. The highest BCUT2D eigenvalue weighted by atomic mass is 16.5. The van der Waals surface area contributed by atoms with Crippen LogP contribution in [0.25, 0.3) is 6.08 Å². The third kappa shape index (κ3) is 3.32. The predicted molar refractivity (Wildman–Crippen MR) is 65.4 cm³/mol. The molecule has 0 saturated carbocycles. The zero-order valence-corrected chi connectivity index (χ0v) is 10.1. The number of aryl methyl sites for hydroxylation is 1. The number of hydrogen-bond donors (Lipinski definition) is 2. The van der Waals surface area contributed by atoms with Crippen LogP contribution in [0.15, 0.2) is 18.2 Å². The molecule has 0 amide bonds. The van der Waals surface area contributed by atoms with Crippen LogP contribution in [0.2, 0.25) is 0 Å². The first kappa shape index (κ1) is 13.3. The summed E-state index contributed by atoms with van der Waals surface area (Å²) in [5, 5.41) is 18.1. The third-order valence-corrected chi connectivity index (χ3v) is 2.36. The number of carboxylic acids is 1. The van der Waals surface area contributed by atoms with Gasteiger partial charge in [0, 0.05) is 5.56 Å². The first-order chi connectivity index (χ1) is 7.95. The molecule has 0 aliphatic heterocycles. The van der Waals surface area contributed by atoms with Crippen LogP contribution in [0.5, 0.6) is 5.75 Å². The molecule has 0 aliphatic rings. The summed E-state index contributed by atoms with van der Waals surface area (Å²) in [7, 11) is 1.49. The first-order valence-corrected chi connectivity index (χ1v) is 5.24. The molecule has 0 radical (unpaired) electrons. The van der Waals surface area contributed by atoms with Crippen LogP contribution in [0.1, 0.15) is 28.4 Å². The lowest BCUT2D eigenvalue weighted by Gasteiger charge is -2.10. The Hall–Kier alpha value is -1.81. The Kier molecular flexibility index (Phi) is 4.29. The Bertz CT molecular complexity index is 447. The summed E-state index contributed by atoms with van der Waals surface area (Å²) in [5.41, 5.74) is 1.76. The van der Waals surface area contributed by atoms with Gasteiger partial charge in [0.2, 0.25) is 0 Å². The number of aliphatic hydroxyl groups excluding tert-OH is 1. The predicted octanol–water partition coefficient (Wildman–Crippen LogP) is 2.10. The van der Waals surface area contributed by atoms with Gasteiger partial charge in [-0.3, -0.25) is 0 Å². The molecule has 0 heterocycles. The molecule has 1 rings (SSSR count). The Morgan fingerprint density at radius 2 is 2.12 bits per heavy atom. The Morgan fingerprint density at radius 1 is 1.47 bits per heavy atom. The van der Waals surface area contributed by atoms with Crippen molar-refractivity contribution in [3.63, 3.8) is 0 Å². The van der Waals surface area contributed by atoms with Gasteiger partial charge in [0.15, 0.2) is 0 Å². The Morgan fingerprint density at radius 3 is 2.59 bits per heavy atom. The number of carbonyl (C=O) groups is 1. The molecule has 1 aromatic rings. The standard InChI is InChI=1S/C13H16O4/c1-8-6-10(13(15)16)7-12(17-3)11(8)5-4-9(2)14/h4-7,9,14H,1-3H3,(H,15,16). The summed E-state index contributed by atoms with van der Waals surface area (Å²) in [5.74, 6) is -0.503. The van der Waals surface area contributed by atoms with E-state index < -0.39 is 12.1 Å². The average molecular weight is 236 g/mol. The fraction of sp³-hybridized carbons (Fsp3) is 0.308. The molecule has 0 fully saturated rings. The van der Waals surface area contributed by atoms with Crippen LogP contribution in [0.3, 0.4) is 0 Å². The van der Waals surface area contributed by atoms with Gasteiger partial charge in [-0.2, -0.15) is 0 Å². The molecule has 1 atom stereocenters. The molecular weight excluding hydrogens is 220 g/mol. The highest BCUT2D eigenvalue weighted by Gasteiger charge is 2.10. The Labute approximate surface area is 100 Å². The van der Waals surface area contributed by atoms with Gasteiger partial charge < -0.3 is 14.9 Å². The maximum Gasteiger partial charge on any atom is 0.335 e. The van der Waals surface area contributed by atoms with Gasteiger partial charge in [-0.05, 0) is 31.5 Å². The second kappa shape index (κ2) is 5.50. The van der Waals surface area contributed by atoms with Crippen LogP contribution in [-0.4, -0.2) is 29.4 Å². The molecule has 0 spiro atoms. The molecule has 92 valence electrons. The normalized spacial score (nSPS) is 12.7. The van der Waals surface area contributed by atoms with Crippen molar-refractivity contribution in [3.8, 4) is 5.75 Å². The van der Waals surface area contributed by atoms with E-state index in [1.807, 2.05) is 0 Å². The van der Waals surface area contributed by atoms with Gasteiger partial charge in [0.1, 0.15) is 5.75 Å². The van der Waals surface area contributed by atoms with E-state index in [-0.39, 0.29) is 5.56 Å². The number of benzene rings is 1. The van der Waals surface area contributed by atoms with Crippen LogP contribution in [0.4, 0.5) is 0 Å². The fourth-order valence-corrected chi connectivity index (χ4v) is 1.51. The topological polar surface area (TPSA) is 66.8 Å². The van der Waals surface area contributed by atoms with Crippen LogP contribution in [-0.2, 0) is 0 Å². The van der Waals surface area contributed by atoms with Gasteiger partial charge >= 0.3 is 5.97 Å². The molecule has 4 nitrogen and oxygen atoms in total. The minimum Gasteiger partial charge on any atom is -0.496 e. The van der Waals surface area contributed by atoms with Crippen LogP contribution < -0.4 is 4.74 Å². The molecule has 0 saturated heterocycles. The minimum absolute atomic E-state index is 0.188. The molecule has 4 heteroatoms. The van der Waals surface area contributed by atoms with Crippen LogP contribution >= 0.6 is 0 Å². The van der Waals surface area contributed by atoms with E-state index in [0.717, 1.165) is 11.1 Å². The number of carboxylic acid groups (broad SMARTS) is 1. The van der Waals surface area contributed by atoms with E-state index in [4.69, 9.17) is 9.84 Å². The summed E-state index contributed by atoms with van der Waals surface area (Å²) in [6, 6.07) is 3.05. The fourth-order valence-electron chi connectivity index (χ4n) is 1.51. The van der Waals surface area contributed by atoms with Gasteiger partial charge in [-0.1, -0.05) is 12.2 Å². The zero-order chi connectivity index (χ0) is 13.0. The number of ether oxygens (including phenoxy) is 1. The van der Waals surface area contributed by atoms with E-state index in [9.17, 15) is 9.90 Å². The molecule has 2 N–H and O–H groups in total.